The summed E-state index contributed by atoms with van der Waals surface area (Å²) in [6, 6.07) is 4.95. The Labute approximate surface area is 129 Å². The van der Waals surface area contributed by atoms with Crippen LogP contribution in [0.3, 0.4) is 0 Å². The number of benzene rings is 1. The summed E-state index contributed by atoms with van der Waals surface area (Å²) in [5, 5.41) is 12.5. The lowest BCUT2D eigenvalue weighted by Gasteiger charge is -2.17. The van der Waals surface area contributed by atoms with E-state index in [1.807, 2.05) is 0 Å². The molecule has 7 heteroatoms. The van der Waals surface area contributed by atoms with Crippen LogP contribution in [0, 0.1) is 5.92 Å². The highest BCUT2D eigenvalue weighted by molar-refractivity contribution is 5.78. The highest BCUT2D eigenvalue weighted by Crippen LogP contribution is 2.35. The number of hydrogen-bond donors (Lipinski definition) is 3. The zero-order chi connectivity index (χ0) is 16.1. The van der Waals surface area contributed by atoms with Gasteiger partial charge < -0.3 is 30.4 Å². The normalized spacial score (nSPS) is 16.7. The molecule has 3 unspecified atom stereocenters. The molecule has 2 rings (SSSR count). The number of nitrogens with two attached hydrogens (primary N) is 1. The highest BCUT2D eigenvalue weighted by atomic mass is 16.7. The van der Waals surface area contributed by atoms with Crippen LogP contribution in [-0.2, 0) is 4.79 Å². The second kappa shape index (κ2) is 7.33. The van der Waals surface area contributed by atoms with Gasteiger partial charge >= 0.3 is 0 Å². The molecule has 1 aromatic carbocycles. The summed E-state index contributed by atoms with van der Waals surface area (Å²) in [4.78, 5) is 11.7. The topological polar surface area (TPSA) is 103 Å². The molecular weight excluding hydrogens is 288 g/mol. The lowest BCUT2D eigenvalue weighted by molar-refractivity contribution is -0.125. The first-order valence-corrected chi connectivity index (χ1v) is 7.21. The largest absolute Gasteiger partial charge is 0.491 e. The maximum atomic E-state index is 11.7. The molecule has 7 nitrogen and oxygen atoms in total. The molecule has 1 aromatic rings. The van der Waals surface area contributed by atoms with Crippen molar-refractivity contribution in [1.29, 1.82) is 0 Å². The van der Waals surface area contributed by atoms with Crippen LogP contribution in [0.1, 0.15) is 13.8 Å². The first kappa shape index (κ1) is 16.4. The number of aliphatic hydroxyl groups excluding tert-OH is 1. The third-order valence-electron chi connectivity index (χ3n) is 3.50. The van der Waals surface area contributed by atoms with E-state index < -0.39 is 6.10 Å². The van der Waals surface area contributed by atoms with Crippen LogP contribution in [-0.4, -0.2) is 43.1 Å². The SMILES string of the molecule is CC(N)C(C)C(=O)NCC(O)COc1ccc2c(c1)OCO2. The minimum Gasteiger partial charge on any atom is -0.491 e. The van der Waals surface area contributed by atoms with E-state index in [2.05, 4.69) is 5.32 Å². The van der Waals surface area contributed by atoms with Crippen molar-refractivity contribution in [3.8, 4) is 17.2 Å². The number of carbonyl (C=O) groups is 1. The monoisotopic (exact) mass is 310 g/mol. The molecule has 3 atom stereocenters. The third kappa shape index (κ3) is 4.25. The van der Waals surface area contributed by atoms with Crippen molar-refractivity contribution in [1.82, 2.24) is 5.32 Å². The van der Waals surface area contributed by atoms with Crippen molar-refractivity contribution in [2.45, 2.75) is 26.0 Å². The van der Waals surface area contributed by atoms with Crippen molar-refractivity contribution in [2.24, 2.45) is 11.7 Å². The molecule has 0 spiro atoms. The maximum Gasteiger partial charge on any atom is 0.231 e. The lowest BCUT2D eigenvalue weighted by atomic mass is 10.0. The van der Waals surface area contributed by atoms with E-state index in [-0.39, 0.29) is 37.8 Å². The van der Waals surface area contributed by atoms with E-state index in [9.17, 15) is 9.90 Å². The number of hydrogen-bond acceptors (Lipinski definition) is 6. The molecule has 22 heavy (non-hydrogen) atoms. The molecule has 0 radical (unpaired) electrons. The number of amides is 1. The minimum absolute atomic E-state index is 0.0620. The first-order chi connectivity index (χ1) is 10.5. The maximum absolute atomic E-state index is 11.7. The summed E-state index contributed by atoms with van der Waals surface area (Å²) >= 11 is 0. The minimum atomic E-state index is -0.811. The number of nitrogens with one attached hydrogen (secondary N) is 1. The van der Waals surface area contributed by atoms with Crippen LogP contribution < -0.4 is 25.3 Å². The molecule has 1 aliphatic heterocycles. The van der Waals surface area contributed by atoms with Gasteiger partial charge in [0.2, 0.25) is 12.7 Å². The van der Waals surface area contributed by atoms with E-state index in [1.165, 1.54) is 0 Å². The molecule has 0 fully saturated rings. The Hall–Kier alpha value is -1.99. The molecule has 0 aromatic heterocycles. The summed E-state index contributed by atoms with van der Waals surface area (Å²) in [6.07, 6.45) is -0.811. The summed E-state index contributed by atoms with van der Waals surface area (Å²) in [5.41, 5.74) is 5.65. The fraction of sp³-hybridized carbons (Fsp3) is 0.533. The van der Waals surface area contributed by atoms with Gasteiger partial charge in [-0.2, -0.15) is 0 Å². The molecule has 0 aliphatic carbocycles. The van der Waals surface area contributed by atoms with Gasteiger partial charge in [-0.05, 0) is 19.1 Å². The number of carbonyl (C=O) groups excluding carboxylic acids is 1. The Kier molecular flexibility index (Phi) is 5.46. The first-order valence-electron chi connectivity index (χ1n) is 7.21. The Morgan fingerprint density at radius 2 is 2.14 bits per heavy atom. The van der Waals surface area contributed by atoms with Crippen LogP contribution in [0.15, 0.2) is 18.2 Å². The second-order valence-corrected chi connectivity index (χ2v) is 5.37. The third-order valence-corrected chi connectivity index (χ3v) is 3.50. The van der Waals surface area contributed by atoms with Crippen LogP contribution in [0.2, 0.25) is 0 Å². The number of fused-ring (bicyclic) bond motifs is 1. The Morgan fingerprint density at radius 3 is 2.86 bits per heavy atom. The molecule has 122 valence electrons. The van der Waals surface area contributed by atoms with Gasteiger partial charge in [0.25, 0.3) is 0 Å². The molecule has 1 heterocycles. The van der Waals surface area contributed by atoms with E-state index >= 15 is 0 Å². The zero-order valence-electron chi connectivity index (χ0n) is 12.7. The van der Waals surface area contributed by atoms with Gasteiger partial charge in [0.05, 0.1) is 0 Å². The lowest BCUT2D eigenvalue weighted by Crippen LogP contribution is -2.42. The highest BCUT2D eigenvalue weighted by Gasteiger charge is 2.18. The molecular formula is C15H22N2O5. The number of rotatable bonds is 7. The predicted molar refractivity (Wildman–Crippen MR) is 79.9 cm³/mol. The molecule has 0 saturated heterocycles. The number of aliphatic hydroxyl groups is 1. The smallest absolute Gasteiger partial charge is 0.231 e. The van der Waals surface area contributed by atoms with E-state index in [0.29, 0.717) is 17.2 Å². The summed E-state index contributed by atoms with van der Waals surface area (Å²) in [7, 11) is 0. The van der Waals surface area contributed by atoms with E-state index in [1.54, 1.807) is 32.0 Å². The van der Waals surface area contributed by atoms with E-state index in [0.717, 1.165) is 0 Å². The summed E-state index contributed by atoms with van der Waals surface area (Å²) in [5.74, 6) is 1.37. The standard InChI is InChI=1S/C15H22N2O5/c1-9(10(2)16)15(19)17-6-11(18)7-20-12-3-4-13-14(5-12)22-8-21-13/h3-5,9-11,18H,6-8,16H2,1-2H3,(H,17,19). The van der Waals surface area contributed by atoms with Crippen molar-refractivity contribution in [3.05, 3.63) is 18.2 Å². The van der Waals surface area contributed by atoms with Gasteiger partial charge in [0, 0.05) is 24.6 Å². The van der Waals surface area contributed by atoms with Gasteiger partial charge in [-0.25, -0.2) is 0 Å². The Morgan fingerprint density at radius 1 is 1.41 bits per heavy atom. The summed E-state index contributed by atoms with van der Waals surface area (Å²) < 4.78 is 15.9. The Balaban J connectivity index is 1.74. The van der Waals surface area contributed by atoms with Gasteiger partial charge in [-0.1, -0.05) is 6.92 Å². The van der Waals surface area contributed by atoms with Crippen LogP contribution in [0.25, 0.3) is 0 Å². The summed E-state index contributed by atoms with van der Waals surface area (Å²) in [6.45, 7) is 3.89. The van der Waals surface area contributed by atoms with Gasteiger partial charge in [0.15, 0.2) is 11.5 Å². The predicted octanol–water partition coefficient (Wildman–Crippen LogP) is 0.255. The molecule has 1 amide bonds. The van der Waals surface area contributed by atoms with E-state index in [4.69, 9.17) is 19.9 Å². The van der Waals surface area contributed by atoms with Gasteiger partial charge in [-0.3, -0.25) is 4.79 Å². The zero-order valence-corrected chi connectivity index (χ0v) is 12.7. The van der Waals surface area contributed by atoms with Gasteiger partial charge in [0.1, 0.15) is 18.5 Å². The fourth-order valence-electron chi connectivity index (χ4n) is 1.84. The van der Waals surface area contributed by atoms with Crippen LogP contribution in [0.5, 0.6) is 17.2 Å². The quantitative estimate of drug-likeness (QED) is 0.667. The molecule has 4 N–H and O–H groups in total. The van der Waals surface area contributed by atoms with Crippen LogP contribution >= 0.6 is 0 Å². The number of ether oxygens (including phenoxy) is 3. The van der Waals surface area contributed by atoms with Crippen molar-refractivity contribution < 1.29 is 24.1 Å². The van der Waals surface area contributed by atoms with Crippen molar-refractivity contribution in [2.75, 3.05) is 19.9 Å². The average Bonchev–Trinajstić information content (AvgIpc) is 2.97. The van der Waals surface area contributed by atoms with Gasteiger partial charge in [-0.15, -0.1) is 0 Å². The average molecular weight is 310 g/mol. The van der Waals surface area contributed by atoms with Crippen LogP contribution in [0.4, 0.5) is 0 Å². The Bertz CT molecular complexity index is 521. The molecule has 0 bridgehead atoms. The van der Waals surface area contributed by atoms with Crippen molar-refractivity contribution in [3.63, 3.8) is 0 Å². The van der Waals surface area contributed by atoms with Crippen molar-refractivity contribution >= 4 is 5.91 Å². The molecule has 1 aliphatic rings. The molecule has 0 saturated carbocycles. The fourth-order valence-corrected chi connectivity index (χ4v) is 1.84. The second-order valence-electron chi connectivity index (χ2n) is 5.37.